The zero-order valence-electron chi connectivity index (χ0n) is 14.4. The first-order valence-electron chi connectivity index (χ1n) is 8.67. The number of halogens is 1. The molecule has 1 N–H and O–H groups in total. The molecule has 0 aliphatic carbocycles. The van der Waals surface area contributed by atoms with E-state index in [2.05, 4.69) is 15.0 Å². The second-order valence-corrected chi connectivity index (χ2v) is 6.92. The predicted octanol–water partition coefficient (Wildman–Crippen LogP) is 3.12. The van der Waals surface area contributed by atoms with Crippen molar-refractivity contribution in [2.45, 2.75) is 12.3 Å². The average Bonchev–Trinajstić information content (AvgIpc) is 3.18. The minimum Gasteiger partial charge on any atom is -0.338 e. The maximum absolute atomic E-state index is 12.8. The van der Waals surface area contributed by atoms with Gasteiger partial charge in [-0.05, 0) is 36.2 Å². The minimum absolute atomic E-state index is 0.0430. The van der Waals surface area contributed by atoms with Gasteiger partial charge in [0.1, 0.15) is 11.3 Å². The quantitative estimate of drug-likeness (QED) is 0.757. The molecule has 1 saturated heterocycles. The Morgan fingerprint density at radius 3 is 2.81 bits per heavy atom. The molecule has 1 fully saturated rings. The fraction of sp³-hybridized carbons (Fsp3) is 0.200. The van der Waals surface area contributed by atoms with Gasteiger partial charge in [0.15, 0.2) is 5.82 Å². The maximum Gasteiger partial charge on any atom is 0.264 e. The van der Waals surface area contributed by atoms with Gasteiger partial charge >= 0.3 is 0 Å². The average molecular weight is 381 g/mol. The molecule has 27 heavy (non-hydrogen) atoms. The van der Waals surface area contributed by atoms with Crippen molar-refractivity contribution in [3.8, 4) is 11.5 Å². The third-order valence-electron chi connectivity index (χ3n) is 4.73. The van der Waals surface area contributed by atoms with Gasteiger partial charge in [0.05, 0.1) is 0 Å². The molecule has 1 atom stereocenters. The summed E-state index contributed by atoms with van der Waals surface area (Å²) in [4.78, 5) is 37.9. The van der Waals surface area contributed by atoms with Gasteiger partial charge in [0, 0.05) is 36.4 Å². The van der Waals surface area contributed by atoms with Gasteiger partial charge in [0.2, 0.25) is 0 Å². The highest BCUT2D eigenvalue weighted by atomic mass is 35.5. The van der Waals surface area contributed by atoms with Crippen molar-refractivity contribution in [2.75, 3.05) is 13.1 Å². The number of benzene rings is 1. The number of pyridine rings is 1. The third kappa shape index (κ3) is 3.61. The predicted molar refractivity (Wildman–Crippen MR) is 103 cm³/mol. The van der Waals surface area contributed by atoms with E-state index in [0.717, 1.165) is 12.0 Å². The lowest BCUT2D eigenvalue weighted by Gasteiger charge is -2.16. The van der Waals surface area contributed by atoms with E-state index in [1.54, 1.807) is 23.2 Å². The lowest BCUT2D eigenvalue weighted by molar-refractivity contribution is 0.0788. The van der Waals surface area contributed by atoms with Crippen molar-refractivity contribution in [2.24, 2.45) is 0 Å². The van der Waals surface area contributed by atoms with Crippen LogP contribution in [0.15, 0.2) is 59.7 Å². The van der Waals surface area contributed by atoms with E-state index in [-0.39, 0.29) is 17.4 Å². The van der Waals surface area contributed by atoms with Gasteiger partial charge in [-0.3, -0.25) is 14.6 Å². The van der Waals surface area contributed by atoms with E-state index in [4.69, 9.17) is 11.6 Å². The van der Waals surface area contributed by atoms with Crippen LogP contribution in [0.4, 0.5) is 0 Å². The first kappa shape index (κ1) is 17.4. The summed E-state index contributed by atoms with van der Waals surface area (Å²) in [7, 11) is 0. The van der Waals surface area contributed by atoms with Gasteiger partial charge in [-0.1, -0.05) is 29.8 Å². The molecular formula is C20H17ClN4O2. The molecule has 6 nitrogen and oxygen atoms in total. The largest absolute Gasteiger partial charge is 0.338 e. The number of rotatable bonds is 3. The fourth-order valence-corrected chi connectivity index (χ4v) is 3.53. The van der Waals surface area contributed by atoms with E-state index in [1.807, 2.05) is 30.3 Å². The van der Waals surface area contributed by atoms with Crippen LogP contribution in [0.3, 0.4) is 0 Å². The van der Waals surface area contributed by atoms with E-state index >= 15 is 0 Å². The molecule has 1 aromatic carbocycles. The summed E-state index contributed by atoms with van der Waals surface area (Å²) in [5.74, 6) is 0.253. The van der Waals surface area contributed by atoms with E-state index in [0.29, 0.717) is 29.6 Å². The molecule has 1 aliphatic rings. The normalized spacial score (nSPS) is 16.5. The zero-order valence-corrected chi connectivity index (χ0v) is 15.2. The lowest BCUT2D eigenvalue weighted by Crippen LogP contribution is -2.33. The van der Waals surface area contributed by atoms with Crippen molar-refractivity contribution in [1.82, 2.24) is 19.9 Å². The highest BCUT2D eigenvalue weighted by molar-refractivity contribution is 6.30. The molecule has 1 amide bonds. The molecule has 0 saturated carbocycles. The molecule has 0 radical (unpaired) electrons. The first-order chi connectivity index (χ1) is 13.1. The molecule has 0 unspecified atom stereocenters. The maximum atomic E-state index is 12.8. The monoisotopic (exact) mass is 380 g/mol. The highest BCUT2D eigenvalue weighted by Gasteiger charge is 2.29. The Hall–Kier alpha value is -2.99. The Labute approximate surface area is 160 Å². The fourth-order valence-electron chi connectivity index (χ4n) is 3.33. The van der Waals surface area contributed by atoms with Crippen molar-refractivity contribution < 1.29 is 4.79 Å². The van der Waals surface area contributed by atoms with Crippen LogP contribution in [0.5, 0.6) is 0 Å². The number of carbonyl (C=O) groups is 1. The number of amides is 1. The number of H-pyrrole nitrogens is 1. The van der Waals surface area contributed by atoms with Gasteiger partial charge in [-0.25, -0.2) is 4.98 Å². The highest BCUT2D eigenvalue weighted by Crippen LogP contribution is 2.29. The Balaban J connectivity index is 1.53. The van der Waals surface area contributed by atoms with Gasteiger partial charge < -0.3 is 9.88 Å². The van der Waals surface area contributed by atoms with Crippen molar-refractivity contribution >= 4 is 17.5 Å². The third-order valence-corrected chi connectivity index (χ3v) is 4.97. The van der Waals surface area contributed by atoms with Crippen LogP contribution in [-0.4, -0.2) is 38.8 Å². The van der Waals surface area contributed by atoms with Crippen molar-refractivity contribution in [1.29, 1.82) is 0 Å². The number of likely N-dealkylation sites (tertiary alicyclic amines) is 1. The molecule has 4 rings (SSSR count). The second kappa shape index (κ2) is 7.32. The number of nitrogens with zero attached hydrogens (tertiary/aromatic N) is 3. The van der Waals surface area contributed by atoms with Crippen LogP contribution in [0.25, 0.3) is 11.5 Å². The first-order valence-corrected chi connectivity index (χ1v) is 9.05. The number of nitrogens with one attached hydrogen (secondary N) is 1. The van der Waals surface area contributed by atoms with E-state index in [9.17, 15) is 9.59 Å². The topological polar surface area (TPSA) is 79.0 Å². The molecule has 1 aliphatic heterocycles. The molecule has 3 heterocycles. The SMILES string of the molecule is O=C(c1cnc(-c2ccccn2)[nH]c1=O)N1CC[C@@H](c2cccc(Cl)c2)C1. The molecule has 2 aromatic heterocycles. The van der Waals surface area contributed by atoms with Crippen LogP contribution in [0, 0.1) is 0 Å². The summed E-state index contributed by atoms with van der Waals surface area (Å²) in [6.07, 6.45) is 3.79. The Kier molecular flexibility index (Phi) is 4.73. The number of aromatic nitrogens is 3. The number of hydrogen-bond acceptors (Lipinski definition) is 4. The summed E-state index contributed by atoms with van der Waals surface area (Å²) in [5, 5.41) is 0.683. The summed E-state index contributed by atoms with van der Waals surface area (Å²) < 4.78 is 0. The molecular weight excluding hydrogens is 364 g/mol. The zero-order chi connectivity index (χ0) is 18.8. The van der Waals surface area contributed by atoms with E-state index in [1.165, 1.54) is 6.20 Å². The van der Waals surface area contributed by atoms with Crippen LogP contribution in [0.1, 0.15) is 28.3 Å². The standard InChI is InChI=1S/C20H17ClN4O2/c21-15-5-3-4-13(10-15)14-7-9-25(12-14)20(27)16-11-23-18(24-19(16)26)17-6-1-2-8-22-17/h1-6,8,10-11,14H,7,9,12H2,(H,23,24,26)/t14-/m1/s1. The molecule has 3 aromatic rings. The Morgan fingerprint density at radius 2 is 2.07 bits per heavy atom. The van der Waals surface area contributed by atoms with Crippen LogP contribution in [-0.2, 0) is 0 Å². The van der Waals surface area contributed by atoms with Crippen LogP contribution in [0.2, 0.25) is 5.02 Å². The summed E-state index contributed by atoms with van der Waals surface area (Å²) in [5.41, 5.74) is 1.24. The van der Waals surface area contributed by atoms with Gasteiger partial charge in [-0.15, -0.1) is 0 Å². The number of aromatic amines is 1. The van der Waals surface area contributed by atoms with Gasteiger partial charge in [-0.2, -0.15) is 0 Å². The van der Waals surface area contributed by atoms with Crippen LogP contribution >= 0.6 is 11.6 Å². The Morgan fingerprint density at radius 1 is 1.19 bits per heavy atom. The Bertz CT molecular complexity index is 1040. The molecule has 136 valence electrons. The number of hydrogen-bond donors (Lipinski definition) is 1. The molecule has 0 bridgehead atoms. The lowest BCUT2D eigenvalue weighted by atomic mass is 9.99. The summed E-state index contributed by atoms with van der Waals surface area (Å²) in [6, 6.07) is 13.0. The van der Waals surface area contributed by atoms with Crippen LogP contribution < -0.4 is 5.56 Å². The van der Waals surface area contributed by atoms with Crippen molar-refractivity contribution in [3.63, 3.8) is 0 Å². The number of carbonyl (C=O) groups excluding carboxylic acids is 1. The minimum atomic E-state index is -0.457. The summed E-state index contributed by atoms with van der Waals surface area (Å²) >= 11 is 6.06. The second-order valence-electron chi connectivity index (χ2n) is 6.48. The van der Waals surface area contributed by atoms with Gasteiger partial charge in [0.25, 0.3) is 11.5 Å². The molecule has 7 heteroatoms. The molecule has 0 spiro atoms. The summed E-state index contributed by atoms with van der Waals surface area (Å²) in [6.45, 7) is 1.15. The van der Waals surface area contributed by atoms with Crippen molar-refractivity contribution in [3.05, 3.63) is 81.4 Å². The van der Waals surface area contributed by atoms with E-state index < -0.39 is 5.56 Å². The smallest absolute Gasteiger partial charge is 0.264 e.